The highest BCUT2D eigenvalue weighted by molar-refractivity contribution is 5.77. The molecule has 0 aliphatic carbocycles. The minimum absolute atomic E-state index is 0.0520. The van der Waals surface area contributed by atoms with E-state index in [2.05, 4.69) is 20.8 Å². The van der Waals surface area contributed by atoms with Gasteiger partial charge in [0, 0.05) is 36.8 Å². The second kappa shape index (κ2) is 6.27. The number of aryl methyl sites for hydroxylation is 1. The summed E-state index contributed by atoms with van der Waals surface area (Å²) in [6.07, 6.45) is 1.81. The number of hydrogen-bond acceptors (Lipinski definition) is 3. The SMILES string of the molecule is Cc1[nH]ncc1CNCCNC(=O)C(C)C. The van der Waals surface area contributed by atoms with Gasteiger partial charge in [0.15, 0.2) is 0 Å². The van der Waals surface area contributed by atoms with Gasteiger partial charge in [-0.05, 0) is 6.92 Å². The first-order valence-electron chi connectivity index (χ1n) is 5.58. The van der Waals surface area contributed by atoms with E-state index in [0.29, 0.717) is 6.54 Å². The predicted octanol–water partition coefficient (Wildman–Crippen LogP) is 0.580. The molecule has 1 rings (SSSR count). The molecule has 0 aliphatic heterocycles. The van der Waals surface area contributed by atoms with Crippen molar-refractivity contribution >= 4 is 5.91 Å². The van der Waals surface area contributed by atoms with Crippen molar-refractivity contribution in [2.45, 2.75) is 27.3 Å². The van der Waals surface area contributed by atoms with Gasteiger partial charge in [-0.2, -0.15) is 5.10 Å². The summed E-state index contributed by atoms with van der Waals surface area (Å²) in [6, 6.07) is 0. The van der Waals surface area contributed by atoms with Crippen LogP contribution in [0.2, 0.25) is 0 Å². The van der Waals surface area contributed by atoms with E-state index in [9.17, 15) is 4.79 Å². The van der Waals surface area contributed by atoms with Crippen LogP contribution < -0.4 is 10.6 Å². The molecule has 3 N–H and O–H groups in total. The fraction of sp³-hybridized carbons (Fsp3) is 0.636. The first-order chi connectivity index (χ1) is 7.61. The summed E-state index contributed by atoms with van der Waals surface area (Å²) in [5.41, 5.74) is 2.24. The van der Waals surface area contributed by atoms with E-state index in [1.54, 1.807) is 0 Å². The van der Waals surface area contributed by atoms with Crippen molar-refractivity contribution in [1.82, 2.24) is 20.8 Å². The number of nitrogens with one attached hydrogen (secondary N) is 3. The number of carbonyl (C=O) groups is 1. The van der Waals surface area contributed by atoms with E-state index >= 15 is 0 Å². The van der Waals surface area contributed by atoms with E-state index in [-0.39, 0.29) is 11.8 Å². The Bertz CT molecular complexity index is 332. The molecule has 1 heterocycles. The van der Waals surface area contributed by atoms with Gasteiger partial charge in [0.2, 0.25) is 5.91 Å². The molecule has 0 aliphatic rings. The van der Waals surface area contributed by atoms with Crippen molar-refractivity contribution in [2.24, 2.45) is 5.92 Å². The molecule has 0 fully saturated rings. The highest BCUT2D eigenvalue weighted by Crippen LogP contribution is 2.00. The number of aromatic nitrogens is 2. The quantitative estimate of drug-likeness (QED) is 0.619. The topological polar surface area (TPSA) is 69.8 Å². The third-order valence-electron chi connectivity index (χ3n) is 2.38. The molecule has 1 aromatic rings. The lowest BCUT2D eigenvalue weighted by atomic mass is 10.2. The maximum atomic E-state index is 11.2. The van der Waals surface area contributed by atoms with Crippen LogP contribution in [-0.4, -0.2) is 29.2 Å². The van der Waals surface area contributed by atoms with E-state index in [0.717, 1.165) is 24.3 Å². The van der Waals surface area contributed by atoms with Crippen LogP contribution in [0.15, 0.2) is 6.20 Å². The summed E-state index contributed by atoms with van der Waals surface area (Å²) in [5, 5.41) is 12.9. The maximum absolute atomic E-state index is 11.2. The molecule has 0 atom stereocenters. The third kappa shape index (κ3) is 4.02. The fourth-order valence-electron chi connectivity index (χ4n) is 1.26. The number of carbonyl (C=O) groups excluding carboxylic acids is 1. The minimum atomic E-state index is 0.0520. The molecule has 0 aromatic carbocycles. The van der Waals surface area contributed by atoms with Crippen LogP contribution in [0.3, 0.4) is 0 Å². The van der Waals surface area contributed by atoms with Crippen molar-refractivity contribution in [3.63, 3.8) is 0 Å². The Morgan fingerprint density at radius 3 is 2.81 bits per heavy atom. The Labute approximate surface area is 96.0 Å². The molecule has 0 bridgehead atoms. The number of amides is 1. The minimum Gasteiger partial charge on any atom is -0.355 e. The Kier molecular flexibility index (Phi) is 4.98. The molecule has 0 spiro atoms. The molecule has 5 nitrogen and oxygen atoms in total. The second-order valence-electron chi connectivity index (χ2n) is 4.14. The van der Waals surface area contributed by atoms with Gasteiger partial charge < -0.3 is 10.6 Å². The highest BCUT2D eigenvalue weighted by atomic mass is 16.1. The first kappa shape index (κ1) is 12.7. The largest absolute Gasteiger partial charge is 0.355 e. The standard InChI is InChI=1S/C11H20N4O/c1-8(2)11(16)13-5-4-12-6-10-7-14-15-9(10)3/h7-8,12H,4-6H2,1-3H3,(H,13,16)(H,14,15). The molecule has 0 unspecified atom stereocenters. The summed E-state index contributed by atoms with van der Waals surface area (Å²) in [7, 11) is 0. The number of H-pyrrole nitrogens is 1. The van der Waals surface area contributed by atoms with Gasteiger partial charge in [0.1, 0.15) is 0 Å². The van der Waals surface area contributed by atoms with Gasteiger partial charge in [0.05, 0.1) is 6.20 Å². The summed E-state index contributed by atoms with van der Waals surface area (Å²) in [5.74, 6) is 0.150. The van der Waals surface area contributed by atoms with Crippen molar-refractivity contribution in [2.75, 3.05) is 13.1 Å². The Hall–Kier alpha value is -1.36. The van der Waals surface area contributed by atoms with Crippen LogP contribution in [0.25, 0.3) is 0 Å². The van der Waals surface area contributed by atoms with Gasteiger partial charge in [0.25, 0.3) is 0 Å². The van der Waals surface area contributed by atoms with Crippen molar-refractivity contribution in [3.05, 3.63) is 17.5 Å². The summed E-state index contributed by atoms with van der Waals surface area (Å²) in [4.78, 5) is 11.2. The fourth-order valence-corrected chi connectivity index (χ4v) is 1.26. The van der Waals surface area contributed by atoms with Crippen LogP contribution in [0.1, 0.15) is 25.1 Å². The zero-order valence-electron chi connectivity index (χ0n) is 10.1. The van der Waals surface area contributed by atoms with Gasteiger partial charge >= 0.3 is 0 Å². The van der Waals surface area contributed by atoms with Crippen LogP contribution >= 0.6 is 0 Å². The summed E-state index contributed by atoms with van der Waals surface area (Å²) >= 11 is 0. The Morgan fingerprint density at radius 1 is 1.50 bits per heavy atom. The zero-order chi connectivity index (χ0) is 12.0. The lowest BCUT2D eigenvalue weighted by molar-refractivity contribution is -0.123. The highest BCUT2D eigenvalue weighted by Gasteiger charge is 2.04. The first-order valence-corrected chi connectivity index (χ1v) is 5.58. The normalized spacial score (nSPS) is 10.8. The van der Waals surface area contributed by atoms with E-state index in [4.69, 9.17) is 0 Å². The van der Waals surface area contributed by atoms with Crippen molar-refractivity contribution in [3.8, 4) is 0 Å². The molecular formula is C11H20N4O. The molecule has 1 amide bonds. The molecule has 1 aromatic heterocycles. The molecule has 90 valence electrons. The van der Waals surface area contributed by atoms with Gasteiger partial charge in [-0.15, -0.1) is 0 Å². The molecule has 16 heavy (non-hydrogen) atoms. The van der Waals surface area contributed by atoms with Crippen LogP contribution in [0.5, 0.6) is 0 Å². The number of aromatic amines is 1. The van der Waals surface area contributed by atoms with E-state index in [1.807, 2.05) is 27.0 Å². The monoisotopic (exact) mass is 224 g/mol. The summed E-state index contributed by atoms with van der Waals surface area (Å²) in [6.45, 7) is 7.97. The molecule has 0 saturated carbocycles. The number of rotatable bonds is 6. The molecule has 0 radical (unpaired) electrons. The molecular weight excluding hydrogens is 204 g/mol. The van der Waals surface area contributed by atoms with Crippen LogP contribution in [0, 0.1) is 12.8 Å². The average molecular weight is 224 g/mol. The lowest BCUT2D eigenvalue weighted by Crippen LogP contribution is -2.34. The maximum Gasteiger partial charge on any atom is 0.222 e. The van der Waals surface area contributed by atoms with Gasteiger partial charge in [-0.3, -0.25) is 9.89 Å². The lowest BCUT2D eigenvalue weighted by Gasteiger charge is -2.08. The van der Waals surface area contributed by atoms with Crippen molar-refractivity contribution < 1.29 is 4.79 Å². The van der Waals surface area contributed by atoms with Gasteiger partial charge in [-0.1, -0.05) is 13.8 Å². The van der Waals surface area contributed by atoms with E-state index < -0.39 is 0 Å². The van der Waals surface area contributed by atoms with Crippen LogP contribution in [-0.2, 0) is 11.3 Å². The smallest absolute Gasteiger partial charge is 0.222 e. The molecule has 5 heteroatoms. The predicted molar refractivity (Wildman–Crippen MR) is 62.9 cm³/mol. The number of hydrogen-bond donors (Lipinski definition) is 3. The Balaban J connectivity index is 2.09. The van der Waals surface area contributed by atoms with Crippen LogP contribution in [0.4, 0.5) is 0 Å². The number of nitrogens with zero attached hydrogens (tertiary/aromatic N) is 1. The van der Waals surface area contributed by atoms with Gasteiger partial charge in [-0.25, -0.2) is 0 Å². The van der Waals surface area contributed by atoms with E-state index in [1.165, 1.54) is 0 Å². The van der Waals surface area contributed by atoms with Crippen molar-refractivity contribution in [1.29, 1.82) is 0 Å². The second-order valence-corrected chi connectivity index (χ2v) is 4.14. The summed E-state index contributed by atoms with van der Waals surface area (Å²) < 4.78 is 0. The Morgan fingerprint density at radius 2 is 2.25 bits per heavy atom. The molecule has 0 saturated heterocycles. The third-order valence-corrected chi connectivity index (χ3v) is 2.38. The average Bonchev–Trinajstić information content (AvgIpc) is 2.63. The zero-order valence-corrected chi connectivity index (χ0v) is 10.1.